The van der Waals surface area contributed by atoms with Crippen molar-refractivity contribution in [3.8, 4) is 0 Å². The number of nitrogens with zero attached hydrogens (tertiary/aromatic N) is 1. The van der Waals surface area contributed by atoms with Crippen LogP contribution >= 0.6 is 0 Å². The Balaban J connectivity index is 1.83. The molecule has 1 heterocycles. The lowest BCUT2D eigenvalue weighted by atomic mass is 10.2. The number of rotatable bonds is 6. The van der Waals surface area contributed by atoms with Crippen molar-refractivity contribution < 1.29 is 9.47 Å². The van der Waals surface area contributed by atoms with E-state index in [2.05, 4.69) is 43.2 Å². The summed E-state index contributed by atoms with van der Waals surface area (Å²) in [4.78, 5) is 2.21. The van der Waals surface area contributed by atoms with Gasteiger partial charge in [0, 0.05) is 13.2 Å². The Morgan fingerprint density at radius 3 is 2.89 bits per heavy atom. The third-order valence-electron chi connectivity index (χ3n) is 3.16. The molecule has 0 amide bonds. The maximum absolute atomic E-state index is 5.96. The summed E-state index contributed by atoms with van der Waals surface area (Å²) < 4.78 is 11.5. The molecule has 1 aromatic carbocycles. The van der Waals surface area contributed by atoms with Crippen LogP contribution in [-0.2, 0) is 9.47 Å². The first-order chi connectivity index (χ1) is 9.29. The maximum atomic E-state index is 5.96. The molecule has 1 saturated heterocycles. The molecule has 0 aromatic heterocycles. The molecule has 0 saturated carbocycles. The van der Waals surface area contributed by atoms with Crippen LogP contribution in [0.4, 0.5) is 0 Å². The molecule has 2 unspecified atom stereocenters. The van der Waals surface area contributed by atoms with E-state index in [1.807, 2.05) is 18.2 Å². The molecule has 1 aliphatic rings. The monoisotopic (exact) mass is 261 g/mol. The Morgan fingerprint density at radius 2 is 2.16 bits per heavy atom. The van der Waals surface area contributed by atoms with Gasteiger partial charge in [0.25, 0.3) is 0 Å². The number of ether oxygens (including phenoxy) is 2. The summed E-state index contributed by atoms with van der Waals surface area (Å²) in [5, 5.41) is 0. The Kier molecular flexibility index (Phi) is 5.58. The molecule has 0 N–H and O–H groups in total. The number of likely N-dealkylation sites (N-methyl/N-ethyl adjacent to an activating group) is 1. The molecule has 0 radical (unpaired) electrons. The highest BCUT2D eigenvalue weighted by atomic mass is 16.6. The van der Waals surface area contributed by atoms with Crippen molar-refractivity contribution in [2.45, 2.75) is 25.7 Å². The van der Waals surface area contributed by atoms with Crippen LogP contribution in [0, 0.1) is 0 Å². The van der Waals surface area contributed by atoms with Gasteiger partial charge in [-0.2, -0.15) is 0 Å². The molecule has 104 valence electrons. The molecular weight excluding hydrogens is 238 g/mol. The molecule has 0 aliphatic carbocycles. The van der Waals surface area contributed by atoms with E-state index in [4.69, 9.17) is 9.47 Å². The Bertz CT molecular complexity index is 391. The SMILES string of the molecule is CCCOCC1CN(C)C(/C=C/c2ccccc2)O1. The highest BCUT2D eigenvalue weighted by Gasteiger charge is 2.28. The van der Waals surface area contributed by atoms with Gasteiger partial charge in [-0.05, 0) is 25.1 Å². The fourth-order valence-electron chi connectivity index (χ4n) is 2.17. The first-order valence-corrected chi connectivity index (χ1v) is 6.96. The number of hydrogen-bond acceptors (Lipinski definition) is 3. The molecule has 19 heavy (non-hydrogen) atoms. The first-order valence-electron chi connectivity index (χ1n) is 6.96. The second-order valence-electron chi connectivity index (χ2n) is 4.93. The van der Waals surface area contributed by atoms with Gasteiger partial charge in [-0.3, -0.25) is 4.90 Å². The Morgan fingerprint density at radius 1 is 1.37 bits per heavy atom. The minimum absolute atomic E-state index is 0.0513. The van der Waals surface area contributed by atoms with Crippen LogP contribution in [0.15, 0.2) is 36.4 Å². The van der Waals surface area contributed by atoms with E-state index in [1.54, 1.807) is 0 Å². The largest absolute Gasteiger partial charge is 0.379 e. The summed E-state index contributed by atoms with van der Waals surface area (Å²) >= 11 is 0. The lowest BCUT2D eigenvalue weighted by Crippen LogP contribution is -2.24. The van der Waals surface area contributed by atoms with Crippen LogP contribution in [0.5, 0.6) is 0 Å². The van der Waals surface area contributed by atoms with Crippen LogP contribution < -0.4 is 0 Å². The molecule has 1 fully saturated rings. The summed E-state index contributed by atoms with van der Waals surface area (Å²) in [7, 11) is 2.08. The minimum Gasteiger partial charge on any atom is -0.379 e. The second kappa shape index (κ2) is 7.43. The molecule has 3 heteroatoms. The van der Waals surface area contributed by atoms with E-state index in [0.717, 1.165) is 19.6 Å². The Hall–Kier alpha value is -1.16. The van der Waals surface area contributed by atoms with Crippen molar-refractivity contribution in [2.75, 3.05) is 26.8 Å². The fourth-order valence-corrected chi connectivity index (χ4v) is 2.17. The van der Waals surface area contributed by atoms with E-state index < -0.39 is 0 Å². The van der Waals surface area contributed by atoms with Crippen LogP contribution in [-0.4, -0.2) is 44.0 Å². The molecule has 2 rings (SSSR count). The van der Waals surface area contributed by atoms with Crippen LogP contribution in [0.3, 0.4) is 0 Å². The van der Waals surface area contributed by atoms with E-state index in [1.165, 1.54) is 5.56 Å². The minimum atomic E-state index is 0.0513. The van der Waals surface area contributed by atoms with Gasteiger partial charge in [-0.25, -0.2) is 0 Å². The van der Waals surface area contributed by atoms with Gasteiger partial charge >= 0.3 is 0 Å². The lowest BCUT2D eigenvalue weighted by molar-refractivity contribution is -0.00885. The number of hydrogen-bond donors (Lipinski definition) is 0. The molecule has 0 spiro atoms. The summed E-state index contributed by atoms with van der Waals surface area (Å²) in [6.07, 6.45) is 5.50. The van der Waals surface area contributed by atoms with Crippen molar-refractivity contribution in [3.05, 3.63) is 42.0 Å². The fraction of sp³-hybridized carbons (Fsp3) is 0.500. The van der Waals surface area contributed by atoms with E-state index in [-0.39, 0.29) is 12.3 Å². The zero-order chi connectivity index (χ0) is 13.5. The van der Waals surface area contributed by atoms with Gasteiger partial charge in [0.15, 0.2) is 0 Å². The third-order valence-corrected chi connectivity index (χ3v) is 3.16. The van der Waals surface area contributed by atoms with Crippen molar-refractivity contribution in [1.82, 2.24) is 4.90 Å². The van der Waals surface area contributed by atoms with Crippen molar-refractivity contribution >= 4 is 6.08 Å². The van der Waals surface area contributed by atoms with Crippen molar-refractivity contribution in [2.24, 2.45) is 0 Å². The topological polar surface area (TPSA) is 21.7 Å². The second-order valence-corrected chi connectivity index (χ2v) is 4.93. The standard InChI is InChI=1S/C16H23NO2/c1-3-11-18-13-15-12-17(2)16(19-15)10-9-14-7-5-4-6-8-14/h4-10,15-16H,3,11-13H2,1-2H3/b10-9+. The average molecular weight is 261 g/mol. The van der Waals surface area contributed by atoms with Gasteiger partial charge in [0.05, 0.1) is 12.7 Å². The van der Waals surface area contributed by atoms with Crippen LogP contribution in [0.1, 0.15) is 18.9 Å². The highest BCUT2D eigenvalue weighted by Crippen LogP contribution is 2.16. The predicted octanol–water partition coefficient (Wildman–Crippen LogP) is 2.78. The smallest absolute Gasteiger partial charge is 0.130 e. The predicted molar refractivity (Wildman–Crippen MR) is 77.9 cm³/mol. The Labute approximate surface area is 115 Å². The van der Waals surface area contributed by atoms with Crippen LogP contribution in [0.2, 0.25) is 0 Å². The summed E-state index contributed by atoms with van der Waals surface area (Å²) in [5.74, 6) is 0. The number of benzene rings is 1. The third kappa shape index (κ3) is 4.46. The molecular formula is C16H23NO2. The highest BCUT2D eigenvalue weighted by molar-refractivity contribution is 5.49. The van der Waals surface area contributed by atoms with E-state index >= 15 is 0 Å². The zero-order valence-electron chi connectivity index (χ0n) is 11.8. The summed E-state index contributed by atoms with van der Waals surface area (Å²) in [5.41, 5.74) is 1.20. The summed E-state index contributed by atoms with van der Waals surface area (Å²) in [6, 6.07) is 10.3. The lowest BCUT2D eigenvalue weighted by Gasteiger charge is -2.13. The first kappa shape index (κ1) is 14.3. The maximum Gasteiger partial charge on any atom is 0.130 e. The van der Waals surface area contributed by atoms with Gasteiger partial charge in [0.1, 0.15) is 6.23 Å². The average Bonchev–Trinajstić information content (AvgIpc) is 2.78. The van der Waals surface area contributed by atoms with Gasteiger partial charge in [-0.1, -0.05) is 43.3 Å². The van der Waals surface area contributed by atoms with Gasteiger partial charge in [-0.15, -0.1) is 0 Å². The molecule has 1 aromatic rings. The van der Waals surface area contributed by atoms with Gasteiger partial charge in [0.2, 0.25) is 0 Å². The van der Waals surface area contributed by atoms with E-state index in [9.17, 15) is 0 Å². The molecule has 0 bridgehead atoms. The van der Waals surface area contributed by atoms with E-state index in [0.29, 0.717) is 6.61 Å². The summed E-state index contributed by atoms with van der Waals surface area (Å²) in [6.45, 7) is 4.54. The van der Waals surface area contributed by atoms with Crippen molar-refractivity contribution in [3.63, 3.8) is 0 Å². The van der Waals surface area contributed by atoms with Gasteiger partial charge < -0.3 is 9.47 Å². The quantitative estimate of drug-likeness (QED) is 0.735. The molecule has 1 aliphatic heterocycles. The normalized spacial score (nSPS) is 24.3. The molecule has 3 nitrogen and oxygen atoms in total. The van der Waals surface area contributed by atoms with Crippen molar-refractivity contribution in [1.29, 1.82) is 0 Å². The van der Waals surface area contributed by atoms with Crippen LogP contribution in [0.25, 0.3) is 6.08 Å². The molecule has 2 atom stereocenters. The zero-order valence-corrected chi connectivity index (χ0v) is 11.8.